The van der Waals surface area contributed by atoms with Gasteiger partial charge in [-0.25, -0.2) is 0 Å². The minimum Gasteiger partial charge on any atom is -0.508 e. The summed E-state index contributed by atoms with van der Waals surface area (Å²) in [6.07, 6.45) is 19.4. The number of primary amides is 1. The molecule has 0 radical (unpaired) electrons. The van der Waals surface area contributed by atoms with Crippen LogP contribution in [0.2, 0.25) is 0 Å². The Morgan fingerprint density at radius 2 is 0.835 bits per heavy atom. The molecule has 24 heteroatoms. The number of nitrogens with two attached hydrogens (primary N) is 2. The maximum atomic E-state index is 15.0. The second kappa shape index (κ2) is 41.7. The largest absolute Gasteiger partial charge is 0.508 e. The molecule has 0 saturated carbocycles. The first-order valence-corrected chi connectivity index (χ1v) is 35.6. The lowest BCUT2D eigenvalue weighted by molar-refractivity contribution is -0.136. The number of para-hydroxylation sites is 2. The molecule has 2 heterocycles. The number of H-pyrrole nitrogens is 2. The van der Waals surface area contributed by atoms with Crippen LogP contribution in [-0.2, 0) is 68.8 Å². The van der Waals surface area contributed by atoms with Gasteiger partial charge in [0, 0.05) is 77.8 Å². The minimum absolute atomic E-state index is 0.0489. The zero-order valence-electron chi connectivity index (χ0n) is 56.3. The highest BCUT2D eigenvalue weighted by atomic mass is 32.1. The number of phenolic OH excluding ortho intramolecular Hbond substituents is 1. The number of carbonyl (C=O) groups excluding carboxylic acids is 9. The molecule has 0 aliphatic rings. The lowest BCUT2D eigenvalue weighted by Gasteiger charge is -2.29. The summed E-state index contributed by atoms with van der Waals surface area (Å²) in [6.45, 7) is 5.86. The number of phenols is 1. The van der Waals surface area contributed by atoms with E-state index in [1.54, 1.807) is 38.4 Å². The van der Waals surface area contributed by atoms with E-state index in [1.807, 2.05) is 78.9 Å². The van der Waals surface area contributed by atoms with Crippen LogP contribution in [0.4, 0.5) is 0 Å². The number of unbranched alkanes of at least 4 members (excludes halogenated alkanes) is 13. The monoisotopic (exact) mass is 1370 g/mol. The smallest absolute Gasteiger partial charge is 0.244 e. The van der Waals surface area contributed by atoms with Gasteiger partial charge in [-0.1, -0.05) is 177 Å². The number of nitrogens with one attached hydrogen (secondary N) is 10. The Morgan fingerprint density at radius 3 is 1.33 bits per heavy atom. The third-order valence-electron chi connectivity index (χ3n) is 17.4. The van der Waals surface area contributed by atoms with E-state index in [0.29, 0.717) is 30.4 Å². The molecule has 0 aliphatic carbocycles. The highest BCUT2D eigenvalue weighted by Gasteiger charge is 2.36. The summed E-state index contributed by atoms with van der Waals surface area (Å²) in [5.74, 6) is -7.44. The summed E-state index contributed by atoms with van der Waals surface area (Å²) >= 11 is 8.82. The van der Waals surface area contributed by atoms with Gasteiger partial charge in [-0.05, 0) is 84.7 Å². The van der Waals surface area contributed by atoms with Crippen LogP contribution >= 0.6 is 25.3 Å². The molecule has 6 aromatic rings. The molecular formula is C73H102N12O10S2. The fraction of sp³-hybridized carbons (Fsp3) is 0.493. The number of rotatable bonds is 45. The quantitative estimate of drug-likeness (QED) is 0.0135. The van der Waals surface area contributed by atoms with Crippen molar-refractivity contribution >= 4 is 100 Å². The van der Waals surface area contributed by atoms with Gasteiger partial charge in [-0.3, -0.25) is 43.2 Å². The van der Waals surface area contributed by atoms with Crippen molar-refractivity contribution in [3.8, 4) is 5.75 Å². The van der Waals surface area contributed by atoms with Crippen molar-refractivity contribution in [2.75, 3.05) is 18.1 Å². The van der Waals surface area contributed by atoms with E-state index >= 15 is 9.59 Å². The van der Waals surface area contributed by atoms with Crippen LogP contribution in [0.3, 0.4) is 0 Å². The average molecular weight is 1370 g/mol. The van der Waals surface area contributed by atoms with Crippen LogP contribution < -0.4 is 54.0 Å². The van der Waals surface area contributed by atoms with E-state index in [-0.39, 0.29) is 68.2 Å². The van der Waals surface area contributed by atoms with Crippen molar-refractivity contribution in [3.05, 3.63) is 138 Å². The van der Waals surface area contributed by atoms with Crippen molar-refractivity contribution in [3.63, 3.8) is 0 Å². The van der Waals surface area contributed by atoms with Crippen LogP contribution in [0.5, 0.6) is 5.75 Å². The van der Waals surface area contributed by atoms with Crippen molar-refractivity contribution in [2.45, 2.75) is 204 Å². The van der Waals surface area contributed by atoms with Crippen molar-refractivity contribution in [1.82, 2.24) is 52.5 Å². The standard InChI is InChI=1S/C73H102N12O10S2/c1-4-5-6-7-8-9-10-11-12-13-14-15-19-33-64(87)78-59(39-48-26-17-16-18-27-48)68(90)83-62(45-96)72(94)81-60(40-49-34-36-52(86)37-35-49)69(91)82-61(42-51-44-77-56-31-23-21-29-54(51)56)70(92)79-57(32-24-25-38-74)67(89)85-65(47(2)3)73(95)84-63(46-97)71(93)80-58(66(75)88)41-50-43-76-55-30-22-20-28-53(50)55/h16-18,20-23,26-31,34-37,43-44,47,57-63,65,76-77,86,96-97H,4-15,19,24-25,32-33,38-42,45-46,74H2,1-3H3,(H2,75,88)(H,78,87)(H,79,92)(H,80,93)(H,81,94)(H,82,91)(H,83,90)(H,84,95)(H,85,89)/t57-,58+,59+,60-,61-,62-,63-,65-/m0/s1. The van der Waals surface area contributed by atoms with Crippen LogP contribution in [0, 0.1) is 5.92 Å². The maximum absolute atomic E-state index is 15.0. The predicted molar refractivity (Wildman–Crippen MR) is 386 cm³/mol. The summed E-state index contributed by atoms with van der Waals surface area (Å²) in [6, 6.07) is 19.7. The molecule has 15 N–H and O–H groups in total. The first kappa shape index (κ1) is 77.7. The second-order valence-electron chi connectivity index (χ2n) is 25.4. The Kier molecular flexibility index (Phi) is 33.4. The maximum Gasteiger partial charge on any atom is 0.244 e. The fourth-order valence-corrected chi connectivity index (χ4v) is 12.3. The van der Waals surface area contributed by atoms with Crippen molar-refractivity contribution < 1.29 is 48.3 Å². The Bertz CT molecular complexity index is 3470. The van der Waals surface area contributed by atoms with Gasteiger partial charge in [0.05, 0.1) is 0 Å². The van der Waals surface area contributed by atoms with Gasteiger partial charge >= 0.3 is 0 Å². The fourth-order valence-electron chi connectivity index (χ4n) is 11.7. The number of thiol groups is 2. The van der Waals surface area contributed by atoms with E-state index in [1.165, 1.54) is 69.9 Å². The van der Waals surface area contributed by atoms with E-state index in [0.717, 1.165) is 52.2 Å². The zero-order valence-corrected chi connectivity index (χ0v) is 58.1. The predicted octanol–water partition coefficient (Wildman–Crippen LogP) is 7.12. The third-order valence-corrected chi connectivity index (χ3v) is 18.1. The van der Waals surface area contributed by atoms with Crippen LogP contribution in [0.25, 0.3) is 21.8 Å². The first-order valence-electron chi connectivity index (χ1n) is 34.4. The van der Waals surface area contributed by atoms with Gasteiger partial charge in [-0.15, -0.1) is 0 Å². The normalized spacial score (nSPS) is 13.8. The van der Waals surface area contributed by atoms with Crippen LogP contribution in [0.1, 0.15) is 152 Å². The summed E-state index contributed by atoms with van der Waals surface area (Å²) in [5.41, 5.74) is 15.9. The number of amides is 9. The first-order chi connectivity index (χ1) is 46.8. The van der Waals surface area contributed by atoms with Gasteiger partial charge < -0.3 is 69.1 Å². The molecule has 4 aromatic carbocycles. The molecule has 97 heavy (non-hydrogen) atoms. The van der Waals surface area contributed by atoms with Gasteiger partial charge in [0.25, 0.3) is 0 Å². The molecule has 0 fully saturated rings. The zero-order chi connectivity index (χ0) is 70.1. The Morgan fingerprint density at radius 1 is 0.433 bits per heavy atom. The van der Waals surface area contributed by atoms with Gasteiger partial charge in [-0.2, -0.15) is 25.3 Å². The van der Waals surface area contributed by atoms with Gasteiger partial charge in [0.1, 0.15) is 54.1 Å². The Balaban J connectivity index is 1.17. The van der Waals surface area contributed by atoms with Crippen molar-refractivity contribution in [1.29, 1.82) is 0 Å². The molecule has 0 unspecified atom stereocenters. The van der Waals surface area contributed by atoms with Gasteiger partial charge in [0.15, 0.2) is 0 Å². The van der Waals surface area contributed by atoms with Crippen molar-refractivity contribution in [2.24, 2.45) is 17.4 Å². The topological polar surface area (TPSA) is 354 Å². The van der Waals surface area contributed by atoms with E-state index in [9.17, 15) is 38.7 Å². The molecule has 0 saturated heterocycles. The molecule has 8 atom stereocenters. The number of aromatic nitrogens is 2. The number of fused-ring (bicyclic) bond motifs is 2. The number of carbonyl (C=O) groups is 9. The number of aromatic hydroxyl groups is 1. The second-order valence-corrected chi connectivity index (χ2v) is 26.2. The number of hydrogen-bond acceptors (Lipinski definition) is 13. The Hall–Kier alpha value is -8.35. The number of hydrogen-bond donors (Lipinski definition) is 15. The Labute approximate surface area is 580 Å². The molecule has 0 aliphatic heterocycles. The van der Waals surface area contributed by atoms with Gasteiger partial charge in [0.2, 0.25) is 53.2 Å². The third kappa shape index (κ3) is 25.9. The minimum atomic E-state index is -1.42. The molecule has 9 amide bonds. The molecule has 6 rings (SSSR count). The van der Waals surface area contributed by atoms with E-state index < -0.39 is 102 Å². The lowest BCUT2D eigenvalue weighted by atomic mass is 10.00. The van der Waals surface area contributed by atoms with E-state index in [2.05, 4.69) is 84.7 Å². The summed E-state index contributed by atoms with van der Waals surface area (Å²) in [5, 5.41) is 34.1. The number of benzene rings is 4. The van der Waals surface area contributed by atoms with Crippen LogP contribution in [-0.4, -0.2) is 135 Å². The molecule has 22 nitrogen and oxygen atoms in total. The number of aromatic amines is 2. The highest BCUT2D eigenvalue weighted by molar-refractivity contribution is 7.80. The summed E-state index contributed by atoms with van der Waals surface area (Å²) in [4.78, 5) is 134. The lowest BCUT2D eigenvalue weighted by Crippen LogP contribution is -2.61. The molecule has 526 valence electrons. The van der Waals surface area contributed by atoms with Crippen LogP contribution in [0.15, 0.2) is 116 Å². The summed E-state index contributed by atoms with van der Waals surface area (Å²) in [7, 11) is 0. The average Bonchev–Trinajstić information content (AvgIpc) is 1.74. The molecule has 0 bridgehead atoms. The molecular weight excluding hydrogens is 1270 g/mol. The molecule has 0 spiro atoms. The highest BCUT2D eigenvalue weighted by Crippen LogP contribution is 2.22. The SMILES string of the molecule is CCCCCCCCCCCCCCCC(=O)N[C@H](Cc1ccccc1)C(=O)N[C@@H](CS)C(=O)N[C@@H](Cc1ccc(O)cc1)C(=O)N[C@@H](Cc1c[nH]c2ccccc12)C(=O)N[C@@H](CCCCN)C(=O)N[C@H](C(=O)N[C@@H](CS)C(=O)N[C@H](Cc1c[nH]c2ccccc12)C(N)=O)C(C)C. The summed E-state index contributed by atoms with van der Waals surface area (Å²) < 4.78 is 0. The van der Waals surface area contributed by atoms with E-state index in [4.69, 9.17) is 11.5 Å². The molecule has 2 aromatic heterocycles.